The maximum atomic E-state index is 12.9. The maximum Gasteiger partial charge on any atom is 0.331 e. The van der Waals surface area contributed by atoms with Gasteiger partial charge in [0.15, 0.2) is 6.80 Å². The van der Waals surface area contributed by atoms with Crippen LogP contribution < -0.4 is 10.5 Å². The smallest absolute Gasteiger partial charge is 0.331 e. The Kier molecular flexibility index (Phi) is 6.11. The van der Waals surface area contributed by atoms with Crippen molar-refractivity contribution in [1.82, 2.24) is 4.90 Å². The molecule has 20 heavy (non-hydrogen) atoms. The van der Waals surface area contributed by atoms with Crippen LogP contribution in [-0.4, -0.2) is 36.2 Å². The lowest BCUT2D eigenvalue weighted by Crippen LogP contribution is -2.48. The number of rotatable bonds is 6. The van der Waals surface area contributed by atoms with E-state index in [1.165, 1.54) is 0 Å². The van der Waals surface area contributed by atoms with Crippen molar-refractivity contribution >= 4 is 11.9 Å². The van der Waals surface area contributed by atoms with E-state index in [-0.39, 0.29) is 5.92 Å². The molecule has 0 spiro atoms. The van der Waals surface area contributed by atoms with Gasteiger partial charge in [0.1, 0.15) is 12.3 Å². The molecule has 2 N–H and O–H groups in total. The molecule has 0 aliphatic rings. The monoisotopic (exact) mass is 282 g/mol. The SMILES string of the molecule is CC(C)[C@H](N)C(=O)N(CF)CC(=O)Oc1ccccc1. The van der Waals surface area contributed by atoms with E-state index in [0.717, 1.165) is 4.90 Å². The molecule has 0 saturated carbocycles. The van der Waals surface area contributed by atoms with Gasteiger partial charge in [0.2, 0.25) is 5.91 Å². The predicted octanol–water partition coefficient (Wildman–Crippen LogP) is 1.33. The number of amides is 1. The molecule has 6 heteroatoms. The van der Waals surface area contributed by atoms with Crippen LogP contribution in [0.4, 0.5) is 4.39 Å². The van der Waals surface area contributed by atoms with Crippen LogP contribution in [-0.2, 0) is 9.59 Å². The zero-order valence-corrected chi connectivity index (χ0v) is 11.6. The summed E-state index contributed by atoms with van der Waals surface area (Å²) in [5.74, 6) is -1.11. The third-order valence-corrected chi connectivity index (χ3v) is 2.75. The highest BCUT2D eigenvalue weighted by Gasteiger charge is 2.25. The van der Waals surface area contributed by atoms with E-state index in [2.05, 4.69) is 0 Å². The van der Waals surface area contributed by atoms with Gasteiger partial charge in [-0.3, -0.25) is 4.79 Å². The highest BCUT2D eigenvalue weighted by atomic mass is 19.1. The van der Waals surface area contributed by atoms with Gasteiger partial charge in [-0.1, -0.05) is 32.0 Å². The number of hydrogen-bond acceptors (Lipinski definition) is 4. The number of halogens is 1. The molecular weight excluding hydrogens is 263 g/mol. The zero-order valence-electron chi connectivity index (χ0n) is 11.6. The molecule has 1 aromatic rings. The van der Waals surface area contributed by atoms with Gasteiger partial charge in [0.05, 0.1) is 6.04 Å². The maximum absolute atomic E-state index is 12.9. The quantitative estimate of drug-likeness (QED) is 0.485. The second kappa shape index (κ2) is 7.59. The topological polar surface area (TPSA) is 72.6 Å². The van der Waals surface area contributed by atoms with E-state index in [9.17, 15) is 14.0 Å². The molecule has 110 valence electrons. The fraction of sp³-hybridized carbons (Fsp3) is 0.429. The van der Waals surface area contributed by atoms with Gasteiger partial charge in [-0.2, -0.15) is 0 Å². The molecule has 1 aromatic carbocycles. The van der Waals surface area contributed by atoms with Gasteiger partial charge in [0, 0.05) is 0 Å². The normalized spacial score (nSPS) is 12.1. The number of carbonyl (C=O) groups excluding carboxylic acids is 2. The summed E-state index contributed by atoms with van der Waals surface area (Å²) < 4.78 is 17.9. The minimum Gasteiger partial charge on any atom is -0.425 e. The summed E-state index contributed by atoms with van der Waals surface area (Å²) in [5.41, 5.74) is 5.65. The highest BCUT2D eigenvalue weighted by molar-refractivity contribution is 5.86. The summed E-state index contributed by atoms with van der Waals surface area (Å²) in [6.07, 6.45) is 0. The second-order valence-electron chi connectivity index (χ2n) is 4.71. The molecule has 0 aromatic heterocycles. The third kappa shape index (κ3) is 4.62. The van der Waals surface area contributed by atoms with Gasteiger partial charge in [-0.05, 0) is 18.1 Å². The van der Waals surface area contributed by atoms with Crippen LogP contribution in [0.25, 0.3) is 0 Å². The summed E-state index contributed by atoms with van der Waals surface area (Å²) in [7, 11) is 0. The van der Waals surface area contributed by atoms with Crippen molar-refractivity contribution in [3.8, 4) is 5.75 Å². The Morgan fingerprint density at radius 1 is 1.30 bits per heavy atom. The van der Waals surface area contributed by atoms with E-state index in [0.29, 0.717) is 5.75 Å². The summed E-state index contributed by atoms with van der Waals surface area (Å²) in [6, 6.07) is 7.54. The Labute approximate surface area is 117 Å². The first-order valence-corrected chi connectivity index (χ1v) is 6.31. The molecule has 0 aliphatic carbocycles. The van der Waals surface area contributed by atoms with E-state index in [1.807, 2.05) is 0 Å². The largest absolute Gasteiger partial charge is 0.425 e. The summed E-state index contributed by atoms with van der Waals surface area (Å²) >= 11 is 0. The van der Waals surface area contributed by atoms with Crippen LogP contribution in [0.1, 0.15) is 13.8 Å². The van der Waals surface area contributed by atoms with Crippen molar-refractivity contribution in [1.29, 1.82) is 0 Å². The average molecular weight is 282 g/mol. The zero-order chi connectivity index (χ0) is 15.1. The first kappa shape index (κ1) is 16.1. The Hall–Kier alpha value is -1.95. The molecule has 1 rings (SSSR count). The number of para-hydroxylation sites is 1. The fourth-order valence-corrected chi connectivity index (χ4v) is 1.48. The number of nitrogens with zero attached hydrogens (tertiary/aromatic N) is 1. The van der Waals surface area contributed by atoms with E-state index >= 15 is 0 Å². The van der Waals surface area contributed by atoms with Gasteiger partial charge in [-0.15, -0.1) is 0 Å². The van der Waals surface area contributed by atoms with Crippen LogP contribution in [0.15, 0.2) is 30.3 Å². The second-order valence-corrected chi connectivity index (χ2v) is 4.71. The molecule has 0 radical (unpaired) electrons. The number of hydrogen-bond donors (Lipinski definition) is 1. The number of ether oxygens (including phenoxy) is 1. The lowest BCUT2D eigenvalue weighted by atomic mass is 10.0. The first-order chi connectivity index (χ1) is 9.45. The van der Waals surface area contributed by atoms with Crippen molar-refractivity contribution < 1.29 is 18.7 Å². The lowest BCUT2D eigenvalue weighted by Gasteiger charge is -2.23. The van der Waals surface area contributed by atoms with Gasteiger partial charge >= 0.3 is 5.97 Å². The minimum absolute atomic E-state index is 0.137. The Bertz CT molecular complexity index is 451. The standard InChI is InChI=1S/C14H19FN2O3/c1-10(2)13(16)14(19)17(9-15)8-12(18)20-11-6-4-3-5-7-11/h3-7,10,13H,8-9,16H2,1-2H3/t13-/m0/s1. The minimum atomic E-state index is -1.08. The Morgan fingerprint density at radius 2 is 1.90 bits per heavy atom. The van der Waals surface area contributed by atoms with E-state index in [1.54, 1.807) is 44.2 Å². The number of esters is 1. The average Bonchev–Trinajstić information content (AvgIpc) is 2.44. The predicted molar refractivity (Wildman–Crippen MR) is 72.6 cm³/mol. The van der Waals surface area contributed by atoms with Crippen molar-refractivity contribution in [2.75, 3.05) is 13.3 Å². The Balaban J connectivity index is 2.60. The van der Waals surface area contributed by atoms with Crippen LogP contribution >= 0.6 is 0 Å². The van der Waals surface area contributed by atoms with Gasteiger partial charge < -0.3 is 15.4 Å². The van der Waals surface area contributed by atoms with Gasteiger partial charge in [-0.25, -0.2) is 9.18 Å². The van der Waals surface area contributed by atoms with Crippen LogP contribution in [0, 0.1) is 5.92 Å². The third-order valence-electron chi connectivity index (χ3n) is 2.75. The number of carbonyl (C=O) groups is 2. The van der Waals surface area contributed by atoms with Crippen LogP contribution in [0.2, 0.25) is 0 Å². The summed E-state index contributed by atoms with van der Waals surface area (Å²) in [6.45, 7) is 1.95. The molecule has 0 unspecified atom stereocenters. The summed E-state index contributed by atoms with van der Waals surface area (Å²) in [4.78, 5) is 24.3. The Morgan fingerprint density at radius 3 is 2.40 bits per heavy atom. The molecule has 0 heterocycles. The van der Waals surface area contributed by atoms with Crippen LogP contribution in [0.5, 0.6) is 5.75 Å². The van der Waals surface area contributed by atoms with E-state index < -0.39 is 31.3 Å². The number of nitrogens with two attached hydrogens (primary N) is 1. The molecule has 0 aliphatic heterocycles. The van der Waals surface area contributed by atoms with Crippen molar-refractivity contribution in [2.24, 2.45) is 11.7 Å². The van der Waals surface area contributed by atoms with Crippen LogP contribution in [0.3, 0.4) is 0 Å². The van der Waals surface area contributed by atoms with Gasteiger partial charge in [0.25, 0.3) is 0 Å². The molecule has 1 amide bonds. The first-order valence-electron chi connectivity index (χ1n) is 6.31. The van der Waals surface area contributed by atoms with Crippen molar-refractivity contribution in [3.63, 3.8) is 0 Å². The molecular formula is C14H19FN2O3. The lowest BCUT2D eigenvalue weighted by molar-refractivity contribution is -0.145. The molecule has 0 bridgehead atoms. The van der Waals surface area contributed by atoms with Crippen molar-refractivity contribution in [2.45, 2.75) is 19.9 Å². The fourth-order valence-electron chi connectivity index (χ4n) is 1.48. The molecule has 0 saturated heterocycles. The van der Waals surface area contributed by atoms with Crippen molar-refractivity contribution in [3.05, 3.63) is 30.3 Å². The molecule has 0 fully saturated rings. The van der Waals surface area contributed by atoms with E-state index in [4.69, 9.17) is 10.5 Å². The number of benzene rings is 1. The number of alkyl halides is 1. The molecule has 1 atom stereocenters. The molecule has 5 nitrogen and oxygen atoms in total. The highest BCUT2D eigenvalue weighted by Crippen LogP contribution is 2.09. The summed E-state index contributed by atoms with van der Waals surface area (Å²) in [5, 5.41) is 0.